The van der Waals surface area contributed by atoms with E-state index < -0.39 is 22.0 Å². The van der Waals surface area contributed by atoms with Crippen LogP contribution in [0.1, 0.15) is 50.4 Å². The second-order valence-electron chi connectivity index (χ2n) is 7.87. The first-order valence-corrected chi connectivity index (χ1v) is 11.9. The van der Waals surface area contributed by atoms with Gasteiger partial charge in [-0.15, -0.1) is 0 Å². The van der Waals surface area contributed by atoms with Crippen LogP contribution in [0.5, 0.6) is 0 Å². The molecule has 30 heavy (non-hydrogen) atoms. The van der Waals surface area contributed by atoms with Gasteiger partial charge in [0.05, 0.1) is 23.7 Å². The summed E-state index contributed by atoms with van der Waals surface area (Å²) in [5, 5.41) is 0. The largest absolute Gasteiger partial charge is 0.464 e. The van der Waals surface area contributed by atoms with E-state index in [1.807, 2.05) is 13.8 Å². The lowest BCUT2D eigenvalue weighted by Crippen LogP contribution is -2.49. The summed E-state index contributed by atoms with van der Waals surface area (Å²) in [6, 6.07) is 5.42. The first kappa shape index (κ1) is 22.7. The predicted octanol–water partition coefficient (Wildman–Crippen LogP) is 2.04. The number of nitrogens with zero attached hydrogens (tertiary/aromatic N) is 2. The molecule has 166 valence electrons. The molecule has 0 saturated carbocycles. The van der Waals surface area contributed by atoms with Crippen LogP contribution in [0.25, 0.3) is 0 Å². The minimum absolute atomic E-state index is 0.0688. The van der Waals surface area contributed by atoms with Gasteiger partial charge in [0.2, 0.25) is 10.0 Å². The number of rotatable bonds is 5. The fourth-order valence-corrected chi connectivity index (χ4v) is 5.73. The van der Waals surface area contributed by atoms with E-state index in [2.05, 4.69) is 0 Å². The van der Waals surface area contributed by atoms with Gasteiger partial charge in [0, 0.05) is 25.2 Å². The van der Waals surface area contributed by atoms with Gasteiger partial charge in [-0.3, -0.25) is 4.79 Å². The number of hydrogen-bond donors (Lipinski definition) is 0. The zero-order valence-corrected chi connectivity index (χ0v) is 18.6. The lowest BCUT2D eigenvalue weighted by molar-refractivity contribution is -0.149. The van der Waals surface area contributed by atoms with Crippen molar-refractivity contribution < 1.29 is 27.5 Å². The lowest BCUT2D eigenvalue weighted by Gasteiger charge is -2.35. The molecule has 1 aromatic carbocycles. The Morgan fingerprint density at radius 1 is 1.17 bits per heavy atom. The zero-order valence-electron chi connectivity index (χ0n) is 17.7. The molecule has 8 nitrogen and oxygen atoms in total. The summed E-state index contributed by atoms with van der Waals surface area (Å²) in [4.78, 5) is 27.1. The number of carbonyl (C=O) groups excluding carboxylic acids is 2. The molecule has 0 spiro atoms. The van der Waals surface area contributed by atoms with E-state index in [1.54, 1.807) is 19.1 Å². The molecule has 0 bridgehead atoms. The Hall–Kier alpha value is -1.97. The van der Waals surface area contributed by atoms with Crippen LogP contribution in [0.2, 0.25) is 0 Å². The van der Waals surface area contributed by atoms with Crippen LogP contribution >= 0.6 is 0 Å². The maximum Gasteiger partial charge on any atom is 0.328 e. The standard InChI is InChI=1S/C21H30N2O6S/c1-4-28-21(25)19-10-5-6-11-23(19)20(24)17-8-7-9-18(12-17)30(26,27)22-13-15(2)29-16(3)14-22/h7-9,12,15-16,19H,4-6,10-11,13-14H2,1-3H3. The number of ether oxygens (including phenoxy) is 2. The third-order valence-electron chi connectivity index (χ3n) is 5.43. The molecule has 2 heterocycles. The van der Waals surface area contributed by atoms with E-state index >= 15 is 0 Å². The third kappa shape index (κ3) is 4.84. The van der Waals surface area contributed by atoms with Gasteiger partial charge in [0.1, 0.15) is 6.04 Å². The Bertz CT molecular complexity index is 877. The summed E-state index contributed by atoms with van der Waals surface area (Å²) in [6.45, 7) is 6.63. The molecule has 0 N–H and O–H groups in total. The fraction of sp³-hybridized carbons (Fsp3) is 0.619. The summed E-state index contributed by atoms with van der Waals surface area (Å²) in [5.41, 5.74) is 0.252. The first-order valence-electron chi connectivity index (χ1n) is 10.5. The highest BCUT2D eigenvalue weighted by Crippen LogP contribution is 2.25. The van der Waals surface area contributed by atoms with Crippen LogP contribution in [-0.4, -0.2) is 74.0 Å². The van der Waals surface area contributed by atoms with Crippen molar-refractivity contribution in [1.82, 2.24) is 9.21 Å². The van der Waals surface area contributed by atoms with Gasteiger partial charge in [0.25, 0.3) is 5.91 Å². The SMILES string of the molecule is CCOC(=O)C1CCCCN1C(=O)c1cccc(S(=O)(=O)N2CC(C)OC(C)C2)c1. The molecular formula is C21H30N2O6S. The minimum Gasteiger partial charge on any atom is -0.464 e. The number of esters is 1. The van der Waals surface area contributed by atoms with Crippen molar-refractivity contribution in [2.45, 2.75) is 63.2 Å². The smallest absolute Gasteiger partial charge is 0.328 e. The highest BCUT2D eigenvalue weighted by Gasteiger charge is 2.35. The quantitative estimate of drug-likeness (QED) is 0.653. The maximum absolute atomic E-state index is 13.2. The molecule has 3 rings (SSSR count). The minimum atomic E-state index is -3.76. The van der Waals surface area contributed by atoms with Gasteiger partial charge < -0.3 is 14.4 Å². The van der Waals surface area contributed by atoms with Gasteiger partial charge in [-0.1, -0.05) is 6.07 Å². The molecule has 9 heteroatoms. The van der Waals surface area contributed by atoms with Gasteiger partial charge in [0.15, 0.2) is 0 Å². The van der Waals surface area contributed by atoms with Gasteiger partial charge in [-0.25, -0.2) is 13.2 Å². The number of likely N-dealkylation sites (tertiary alicyclic amines) is 1. The van der Waals surface area contributed by atoms with Crippen molar-refractivity contribution in [3.05, 3.63) is 29.8 Å². The molecule has 0 aromatic heterocycles. The number of carbonyl (C=O) groups is 2. The average Bonchev–Trinajstić information content (AvgIpc) is 2.73. The summed E-state index contributed by atoms with van der Waals surface area (Å²) in [6.07, 6.45) is 1.78. The lowest BCUT2D eigenvalue weighted by atomic mass is 10.0. The van der Waals surface area contributed by atoms with Crippen molar-refractivity contribution in [3.8, 4) is 0 Å². The van der Waals surface area contributed by atoms with Crippen LogP contribution in [0.15, 0.2) is 29.2 Å². The van der Waals surface area contributed by atoms with E-state index in [1.165, 1.54) is 21.3 Å². The number of piperidine rings is 1. The number of hydrogen-bond acceptors (Lipinski definition) is 6. The molecule has 3 atom stereocenters. The van der Waals surface area contributed by atoms with Gasteiger partial charge in [-0.2, -0.15) is 4.31 Å². The summed E-state index contributed by atoms with van der Waals surface area (Å²) >= 11 is 0. The molecule has 2 fully saturated rings. The van der Waals surface area contributed by atoms with Crippen LogP contribution in [0.4, 0.5) is 0 Å². The Balaban J connectivity index is 1.85. The second kappa shape index (κ2) is 9.45. The van der Waals surface area contributed by atoms with E-state index in [0.717, 1.165) is 12.8 Å². The zero-order chi connectivity index (χ0) is 21.9. The summed E-state index contributed by atoms with van der Waals surface area (Å²) in [5.74, 6) is -0.765. The third-order valence-corrected chi connectivity index (χ3v) is 7.25. The van der Waals surface area contributed by atoms with Gasteiger partial charge >= 0.3 is 5.97 Å². The monoisotopic (exact) mass is 438 g/mol. The topological polar surface area (TPSA) is 93.2 Å². The molecule has 2 saturated heterocycles. The summed E-state index contributed by atoms with van der Waals surface area (Å²) in [7, 11) is -3.76. The average molecular weight is 439 g/mol. The second-order valence-corrected chi connectivity index (χ2v) is 9.81. The van der Waals surface area contributed by atoms with E-state index in [-0.39, 0.29) is 48.3 Å². The van der Waals surface area contributed by atoms with E-state index in [0.29, 0.717) is 13.0 Å². The Morgan fingerprint density at radius 2 is 1.87 bits per heavy atom. The molecule has 0 radical (unpaired) electrons. The highest BCUT2D eigenvalue weighted by atomic mass is 32.2. The summed E-state index contributed by atoms with van der Waals surface area (Å²) < 4.78 is 38.5. The number of amides is 1. The Labute approximate surface area is 178 Å². The van der Waals surface area contributed by atoms with Crippen LogP contribution < -0.4 is 0 Å². The predicted molar refractivity (Wildman–Crippen MR) is 111 cm³/mol. The van der Waals surface area contributed by atoms with Crippen molar-refractivity contribution in [2.75, 3.05) is 26.2 Å². The molecule has 0 aliphatic carbocycles. The molecule has 3 unspecified atom stereocenters. The number of morpholine rings is 1. The molecule has 2 aliphatic heterocycles. The number of sulfonamides is 1. The molecule has 2 aliphatic rings. The Morgan fingerprint density at radius 3 is 2.53 bits per heavy atom. The first-order chi connectivity index (χ1) is 14.2. The van der Waals surface area contributed by atoms with Crippen LogP contribution in [-0.2, 0) is 24.3 Å². The number of benzene rings is 1. The van der Waals surface area contributed by atoms with Crippen LogP contribution in [0.3, 0.4) is 0 Å². The fourth-order valence-electron chi connectivity index (χ4n) is 4.09. The van der Waals surface area contributed by atoms with Crippen molar-refractivity contribution in [2.24, 2.45) is 0 Å². The molecule has 1 aromatic rings. The van der Waals surface area contributed by atoms with Crippen molar-refractivity contribution in [3.63, 3.8) is 0 Å². The highest BCUT2D eigenvalue weighted by molar-refractivity contribution is 7.89. The van der Waals surface area contributed by atoms with Crippen molar-refractivity contribution in [1.29, 1.82) is 0 Å². The normalized spacial score (nSPS) is 25.7. The van der Waals surface area contributed by atoms with E-state index in [9.17, 15) is 18.0 Å². The van der Waals surface area contributed by atoms with E-state index in [4.69, 9.17) is 9.47 Å². The Kier molecular flexibility index (Phi) is 7.15. The molecular weight excluding hydrogens is 408 g/mol. The van der Waals surface area contributed by atoms with Crippen LogP contribution in [0, 0.1) is 0 Å². The maximum atomic E-state index is 13.2. The van der Waals surface area contributed by atoms with Gasteiger partial charge in [-0.05, 0) is 58.2 Å². The van der Waals surface area contributed by atoms with Crippen molar-refractivity contribution >= 4 is 21.9 Å². The molecule has 1 amide bonds.